The summed E-state index contributed by atoms with van der Waals surface area (Å²) >= 11 is 0. The van der Waals surface area contributed by atoms with E-state index < -0.39 is 29.9 Å². The van der Waals surface area contributed by atoms with Crippen molar-refractivity contribution < 1.29 is 22.7 Å². The van der Waals surface area contributed by atoms with Crippen molar-refractivity contribution in [2.75, 3.05) is 11.9 Å². The number of alkyl halides is 3. The van der Waals surface area contributed by atoms with Gasteiger partial charge in [0.2, 0.25) is 11.6 Å². The quantitative estimate of drug-likeness (QED) is 0.677. The molecule has 0 unspecified atom stereocenters. The molecule has 6 nitrogen and oxygen atoms in total. The molecule has 0 aliphatic rings. The number of aryl methyl sites for hydroxylation is 2. The van der Waals surface area contributed by atoms with Gasteiger partial charge in [-0.25, -0.2) is 4.98 Å². The molecule has 0 fully saturated rings. The lowest BCUT2D eigenvalue weighted by atomic mass is 10.1. The van der Waals surface area contributed by atoms with E-state index in [0.717, 1.165) is 15.7 Å². The Morgan fingerprint density at radius 3 is 2.37 bits per heavy atom. The maximum Gasteiger partial charge on any atom is 0.438 e. The van der Waals surface area contributed by atoms with Crippen LogP contribution in [0.25, 0.3) is 11.0 Å². The van der Waals surface area contributed by atoms with E-state index in [1.54, 1.807) is 44.2 Å². The lowest BCUT2D eigenvalue weighted by Gasteiger charge is -2.15. The van der Waals surface area contributed by atoms with Crippen LogP contribution in [0.15, 0.2) is 41.2 Å². The molecule has 0 saturated carbocycles. The molecular formula is C21H20F3N3O3. The molecule has 0 bridgehead atoms. The number of amides is 1. The molecule has 1 amide bonds. The number of nitrogens with zero attached hydrogens (tertiary/aromatic N) is 2. The number of halogens is 3. The second-order valence-corrected chi connectivity index (χ2v) is 6.78. The van der Waals surface area contributed by atoms with Crippen LogP contribution < -0.4 is 15.6 Å². The average molecular weight is 419 g/mol. The van der Waals surface area contributed by atoms with Crippen molar-refractivity contribution >= 4 is 22.6 Å². The number of benzene rings is 2. The van der Waals surface area contributed by atoms with E-state index in [1.165, 1.54) is 6.07 Å². The van der Waals surface area contributed by atoms with Gasteiger partial charge in [0.25, 0.3) is 5.56 Å². The lowest BCUT2D eigenvalue weighted by Crippen LogP contribution is -2.34. The second-order valence-electron chi connectivity index (χ2n) is 6.78. The summed E-state index contributed by atoms with van der Waals surface area (Å²) in [4.78, 5) is 28.5. The number of aromatic nitrogens is 2. The summed E-state index contributed by atoms with van der Waals surface area (Å²) in [6.07, 6.45) is -4.93. The zero-order chi connectivity index (χ0) is 22.1. The largest absolute Gasteiger partial charge is 0.494 e. The van der Waals surface area contributed by atoms with E-state index in [0.29, 0.717) is 18.0 Å². The third kappa shape index (κ3) is 4.45. The highest BCUT2D eigenvalue weighted by molar-refractivity contribution is 5.91. The first-order valence-electron chi connectivity index (χ1n) is 9.22. The van der Waals surface area contributed by atoms with Gasteiger partial charge < -0.3 is 10.1 Å². The summed E-state index contributed by atoms with van der Waals surface area (Å²) in [5, 5.41) is 2.58. The smallest absolute Gasteiger partial charge is 0.438 e. The van der Waals surface area contributed by atoms with Gasteiger partial charge in [-0.1, -0.05) is 0 Å². The Morgan fingerprint density at radius 2 is 1.77 bits per heavy atom. The standard InChI is InChI=1S/C21H20F3N3O3/c1-4-30-15-7-5-14(6-8-15)25-18(28)11-27-17-10-13(3)12(2)9-16(17)26-19(20(27)29)21(22,23)24/h5-10H,4,11H2,1-3H3,(H,25,28). The van der Waals surface area contributed by atoms with Gasteiger partial charge in [0.05, 0.1) is 17.6 Å². The van der Waals surface area contributed by atoms with Crippen LogP contribution in [0.1, 0.15) is 23.7 Å². The van der Waals surface area contributed by atoms with Crippen molar-refractivity contribution in [1.82, 2.24) is 9.55 Å². The third-order valence-corrected chi connectivity index (χ3v) is 4.58. The van der Waals surface area contributed by atoms with Crippen molar-refractivity contribution in [2.45, 2.75) is 33.5 Å². The molecule has 3 aromatic rings. The number of hydrogen-bond donors (Lipinski definition) is 1. The highest BCUT2D eigenvalue weighted by atomic mass is 19.4. The van der Waals surface area contributed by atoms with E-state index in [1.807, 2.05) is 6.92 Å². The molecule has 0 radical (unpaired) electrons. The SMILES string of the molecule is CCOc1ccc(NC(=O)Cn2c(=O)c(C(F)(F)F)nc3cc(C)c(C)cc32)cc1. The minimum Gasteiger partial charge on any atom is -0.494 e. The average Bonchev–Trinajstić information content (AvgIpc) is 2.66. The number of rotatable bonds is 5. The van der Waals surface area contributed by atoms with Crippen LogP contribution in [0.5, 0.6) is 5.75 Å². The van der Waals surface area contributed by atoms with Crippen molar-refractivity contribution in [1.29, 1.82) is 0 Å². The maximum absolute atomic E-state index is 13.3. The van der Waals surface area contributed by atoms with Crippen LogP contribution in [-0.4, -0.2) is 22.1 Å². The first-order chi connectivity index (χ1) is 14.1. The molecule has 0 spiro atoms. The van der Waals surface area contributed by atoms with Crippen molar-refractivity contribution in [3.05, 3.63) is 63.6 Å². The fraction of sp³-hybridized carbons (Fsp3) is 0.286. The minimum atomic E-state index is -4.93. The van der Waals surface area contributed by atoms with E-state index in [-0.39, 0.29) is 11.0 Å². The Bertz CT molecular complexity index is 1150. The normalized spacial score (nSPS) is 11.5. The highest BCUT2D eigenvalue weighted by Gasteiger charge is 2.37. The van der Waals surface area contributed by atoms with Crippen LogP contribution in [0, 0.1) is 13.8 Å². The fourth-order valence-electron chi connectivity index (χ4n) is 2.98. The molecule has 0 aliphatic heterocycles. The first kappa shape index (κ1) is 21.4. The molecule has 158 valence electrons. The van der Waals surface area contributed by atoms with Crippen LogP contribution >= 0.6 is 0 Å². The van der Waals surface area contributed by atoms with E-state index in [2.05, 4.69) is 10.3 Å². The molecule has 1 heterocycles. The van der Waals surface area contributed by atoms with Gasteiger partial charge in [-0.05, 0) is 68.3 Å². The third-order valence-electron chi connectivity index (χ3n) is 4.58. The lowest BCUT2D eigenvalue weighted by molar-refractivity contribution is -0.142. The van der Waals surface area contributed by atoms with Crippen molar-refractivity contribution in [3.63, 3.8) is 0 Å². The fourth-order valence-corrected chi connectivity index (χ4v) is 2.98. The zero-order valence-electron chi connectivity index (χ0n) is 16.6. The number of carbonyl (C=O) groups is 1. The Balaban J connectivity index is 1.99. The van der Waals surface area contributed by atoms with Crippen molar-refractivity contribution in [3.8, 4) is 5.75 Å². The number of carbonyl (C=O) groups excluding carboxylic acids is 1. The van der Waals surface area contributed by atoms with Gasteiger partial charge in [0.15, 0.2) is 0 Å². The van der Waals surface area contributed by atoms with Crippen LogP contribution in [0.3, 0.4) is 0 Å². The Labute approximate surface area is 170 Å². The number of nitrogens with one attached hydrogen (secondary N) is 1. The summed E-state index contributed by atoms with van der Waals surface area (Å²) in [7, 11) is 0. The summed E-state index contributed by atoms with van der Waals surface area (Å²) in [5.41, 5.74) is -0.821. The van der Waals surface area contributed by atoms with Crippen LogP contribution in [0.2, 0.25) is 0 Å². The predicted molar refractivity (Wildman–Crippen MR) is 107 cm³/mol. The van der Waals surface area contributed by atoms with E-state index in [9.17, 15) is 22.8 Å². The summed E-state index contributed by atoms with van der Waals surface area (Å²) in [6, 6.07) is 9.54. The molecule has 3 rings (SSSR count). The molecule has 2 aromatic carbocycles. The second kappa shape index (κ2) is 8.17. The molecule has 1 N–H and O–H groups in total. The van der Waals surface area contributed by atoms with Gasteiger partial charge in [0, 0.05) is 5.69 Å². The molecule has 0 atom stereocenters. The Hall–Kier alpha value is -3.36. The predicted octanol–water partition coefficient (Wildman–Crippen LogP) is 4.07. The Kier molecular flexibility index (Phi) is 5.82. The molecule has 9 heteroatoms. The molecular weight excluding hydrogens is 399 g/mol. The van der Waals surface area contributed by atoms with Crippen LogP contribution in [0.4, 0.5) is 18.9 Å². The molecule has 30 heavy (non-hydrogen) atoms. The topological polar surface area (TPSA) is 73.2 Å². The monoisotopic (exact) mass is 419 g/mol. The van der Waals surface area contributed by atoms with Crippen LogP contribution in [-0.2, 0) is 17.5 Å². The number of ether oxygens (including phenoxy) is 1. The zero-order valence-corrected chi connectivity index (χ0v) is 16.6. The van der Waals surface area contributed by atoms with E-state index in [4.69, 9.17) is 4.74 Å². The maximum atomic E-state index is 13.3. The van der Waals surface area contributed by atoms with Gasteiger partial charge in [-0.15, -0.1) is 0 Å². The molecule has 1 aromatic heterocycles. The summed E-state index contributed by atoms with van der Waals surface area (Å²) in [6.45, 7) is 5.24. The van der Waals surface area contributed by atoms with Gasteiger partial charge in [-0.2, -0.15) is 13.2 Å². The van der Waals surface area contributed by atoms with Crippen molar-refractivity contribution in [2.24, 2.45) is 0 Å². The van der Waals surface area contributed by atoms with Gasteiger partial charge in [0.1, 0.15) is 12.3 Å². The number of hydrogen-bond acceptors (Lipinski definition) is 4. The minimum absolute atomic E-state index is 0.00103. The molecule has 0 aliphatic carbocycles. The number of anilines is 1. The van der Waals surface area contributed by atoms with E-state index >= 15 is 0 Å². The summed E-state index contributed by atoms with van der Waals surface area (Å²) < 4.78 is 46.1. The Morgan fingerprint density at radius 1 is 1.13 bits per heavy atom. The first-order valence-corrected chi connectivity index (χ1v) is 9.22. The summed E-state index contributed by atoms with van der Waals surface area (Å²) in [5.74, 6) is -0.0207. The van der Waals surface area contributed by atoms with Gasteiger partial charge in [-0.3, -0.25) is 14.2 Å². The van der Waals surface area contributed by atoms with Gasteiger partial charge >= 0.3 is 6.18 Å². The molecule has 0 saturated heterocycles. The number of fused-ring (bicyclic) bond motifs is 1. The highest BCUT2D eigenvalue weighted by Crippen LogP contribution is 2.27.